The lowest BCUT2D eigenvalue weighted by molar-refractivity contribution is -0.142. The molecule has 0 saturated carbocycles. The highest BCUT2D eigenvalue weighted by Crippen LogP contribution is 2.25. The molecule has 0 spiro atoms. The zero-order valence-corrected chi connectivity index (χ0v) is 21.7. The number of carbonyl (C=O) groups excluding carboxylic acids is 3. The topological polar surface area (TPSA) is 87.7 Å². The highest BCUT2D eigenvalue weighted by Gasteiger charge is 2.34. The Morgan fingerprint density at radius 1 is 1.00 bits per heavy atom. The highest BCUT2D eigenvalue weighted by atomic mass is 16.6. The maximum absolute atomic E-state index is 13.5. The molecule has 1 rings (SSSR count). The molecule has 0 saturated heterocycles. The Balaban J connectivity index is 3.23. The van der Waals surface area contributed by atoms with Crippen molar-refractivity contribution >= 4 is 17.9 Å². The second kappa shape index (κ2) is 13.2. The summed E-state index contributed by atoms with van der Waals surface area (Å²) in [5, 5.41) is 5.63. The molecular formula is C26H43N3O4. The van der Waals surface area contributed by atoms with Gasteiger partial charge in [-0.3, -0.25) is 9.59 Å². The van der Waals surface area contributed by atoms with Crippen molar-refractivity contribution in [3.05, 3.63) is 34.9 Å². The highest BCUT2D eigenvalue weighted by molar-refractivity contribution is 5.92. The molecule has 1 aromatic carbocycles. The van der Waals surface area contributed by atoms with Crippen molar-refractivity contribution < 1.29 is 19.1 Å². The van der Waals surface area contributed by atoms with Crippen LogP contribution in [0.4, 0.5) is 4.79 Å². The summed E-state index contributed by atoms with van der Waals surface area (Å²) in [6.45, 7) is 15.9. The molecule has 0 fully saturated rings. The van der Waals surface area contributed by atoms with Gasteiger partial charge in [0.1, 0.15) is 17.7 Å². The largest absolute Gasteiger partial charge is 0.444 e. The molecule has 0 heterocycles. The van der Waals surface area contributed by atoms with Crippen molar-refractivity contribution in [2.75, 3.05) is 13.1 Å². The lowest BCUT2D eigenvalue weighted by Crippen LogP contribution is -2.52. The van der Waals surface area contributed by atoms with Gasteiger partial charge in [-0.05, 0) is 59.9 Å². The quantitative estimate of drug-likeness (QED) is 0.463. The van der Waals surface area contributed by atoms with Gasteiger partial charge >= 0.3 is 6.09 Å². The van der Waals surface area contributed by atoms with Crippen molar-refractivity contribution in [3.63, 3.8) is 0 Å². The maximum atomic E-state index is 13.5. The van der Waals surface area contributed by atoms with Gasteiger partial charge in [0.05, 0.1) is 0 Å². The minimum Gasteiger partial charge on any atom is -0.444 e. The summed E-state index contributed by atoms with van der Waals surface area (Å²) in [5.41, 5.74) is 2.15. The number of hydrogen-bond donors (Lipinski definition) is 2. The Hall–Kier alpha value is -2.57. The van der Waals surface area contributed by atoms with Crippen molar-refractivity contribution in [1.82, 2.24) is 15.5 Å². The van der Waals surface area contributed by atoms with Crippen LogP contribution in [-0.2, 0) is 14.3 Å². The van der Waals surface area contributed by atoms with Crippen LogP contribution in [0.1, 0.15) is 90.0 Å². The molecule has 2 unspecified atom stereocenters. The van der Waals surface area contributed by atoms with E-state index in [0.29, 0.717) is 19.5 Å². The van der Waals surface area contributed by atoms with Crippen LogP contribution in [0.2, 0.25) is 0 Å². The van der Waals surface area contributed by atoms with E-state index < -0.39 is 23.8 Å². The average molecular weight is 462 g/mol. The van der Waals surface area contributed by atoms with Crippen molar-refractivity contribution in [3.8, 4) is 0 Å². The van der Waals surface area contributed by atoms with Gasteiger partial charge in [-0.25, -0.2) is 4.79 Å². The second-order valence-electron chi connectivity index (χ2n) is 9.72. The molecule has 0 aromatic heterocycles. The minimum absolute atomic E-state index is 0.206. The molecule has 0 aliphatic heterocycles. The standard InChI is InChI=1S/C26H43N3O4/c1-9-11-12-13-27-23(30)22(21-16-18(3)15-19(4)17-21)29(14-10-2)24(31)20(5)28-25(32)33-26(6,7)8/h15-17,20,22H,9-14H2,1-8H3,(H,27,30)(H,28,32). The van der Waals surface area contributed by atoms with E-state index in [4.69, 9.17) is 4.74 Å². The number of alkyl carbamates (subject to hydrolysis) is 1. The van der Waals surface area contributed by atoms with Gasteiger partial charge in [0, 0.05) is 13.1 Å². The van der Waals surface area contributed by atoms with E-state index in [1.54, 1.807) is 32.6 Å². The summed E-state index contributed by atoms with van der Waals surface area (Å²) in [7, 11) is 0. The average Bonchev–Trinajstić information content (AvgIpc) is 2.68. The normalized spacial score (nSPS) is 13.1. The van der Waals surface area contributed by atoms with E-state index in [-0.39, 0.29) is 11.8 Å². The predicted molar refractivity (Wildman–Crippen MR) is 132 cm³/mol. The Labute approximate surface area is 199 Å². The molecule has 7 heteroatoms. The minimum atomic E-state index is -0.840. The molecule has 33 heavy (non-hydrogen) atoms. The van der Waals surface area contributed by atoms with Gasteiger partial charge in [-0.15, -0.1) is 0 Å². The number of unbranched alkanes of at least 4 members (excludes halogenated alkanes) is 2. The Morgan fingerprint density at radius 3 is 2.12 bits per heavy atom. The third-order valence-electron chi connectivity index (χ3n) is 5.05. The summed E-state index contributed by atoms with van der Waals surface area (Å²) in [5.74, 6) is -0.530. The van der Waals surface area contributed by atoms with E-state index in [0.717, 1.165) is 36.0 Å². The summed E-state index contributed by atoms with van der Waals surface area (Å²) < 4.78 is 5.30. The smallest absolute Gasteiger partial charge is 0.408 e. The molecule has 2 N–H and O–H groups in total. The summed E-state index contributed by atoms with van der Waals surface area (Å²) >= 11 is 0. The first kappa shape index (κ1) is 28.5. The van der Waals surface area contributed by atoms with Gasteiger partial charge < -0.3 is 20.3 Å². The van der Waals surface area contributed by atoms with Crippen molar-refractivity contribution in [2.45, 2.75) is 98.8 Å². The third-order valence-corrected chi connectivity index (χ3v) is 5.05. The number of benzene rings is 1. The number of nitrogens with one attached hydrogen (secondary N) is 2. The molecule has 7 nitrogen and oxygen atoms in total. The van der Waals surface area contributed by atoms with Crippen LogP contribution in [0.5, 0.6) is 0 Å². The van der Waals surface area contributed by atoms with Crippen molar-refractivity contribution in [2.24, 2.45) is 0 Å². The molecule has 186 valence electrons. The maximum Gasteiger partial charge on any atom is 0.408 e. The Kier molecular flexibility index (Phi) is 11.4. The zero-order valence-electron chi connectivity index (χ0n) is 21.7. The van der Waals surface area contributed by atoms with Crippen LogP contribution in [0.25, 0.3) is 0 Å². The predicted octanol–water partition coefficient (Wildman–Crippen LogP) is 4.80. The van der Waals surface area contributed by atoms with E-state index in [1.165, 1.54) is 0 Å². The molecular weight excluding hydrogens is 418 g/mol. The molecule has 3 amide bonds. The van der Waals surface area contributed by atoms with Gasteiger partial charge in [-0.1, -0.05) is 56.0 Å². The van der Waals surface area contributed by atoms with E-state index in [2.05, 4.69) is 17.6 Å². The van der Waals surface area contributed by atoms with Crippen LogP contribution in [0.3, 0.4) is 0 Å². The van der Waals surface area contributed by atoms with E-state index in [1.807, 2.05) is 39.0 Å². The first-order valence-corrected chi connectivity index (χ1v) is 12.1. The lowest BCUT2D eigenvalue weighted by atomic mass is 9.98. The van der Waals surface area contributed by atoms with Gasteiger partial charge in [0.15, 0.2) is 0 Å². The number of aryl methyl sites for hydroxylation is 2. The fourth-order valence-electron chi connectivity index (χ4n) is 3.73. The molecule has 0 aliphatic carbocycles. The van der Waals surface area contributed by atoms with Crippen molar-refractivity contribution in [1.29, 1.82) is 0 Å². The summed E-state index contributed by atoms with van der Waals surface area (Å²) in [6, 6.07) is 4.32. The van der Waals surface area contributed by atoms with E-state index >= 15 is 0 Å². The van der Waals surface area contributed by atoms with Crippen LogP contribution < -0.4 is 10.6 Å². The molecule has 0 radical (unpaired) electrons. The number of rotatable bonds is 11. The molecule has 2 atom stereocenters. The third kappa shape index (κ3) is 9.84. The lowest BCUT2D eigenvalue weighted by Gasteiger charge is -2.33. The van der Waals surface area contributed by atoms with E-state index in [9.17, 15) is 14.4 Å². The Morgan fingerprint density at radius 2 is 1.61 bits per heavy atom. The second-order valence-corrected chi connectivity index (χ2v) is 9.72. The van der Waals surface area contributed by atoms with Gasteiger partial charge in [0.2, 0.25) is 11.8 Å². The monoisotopic (exact) mass is 461 g/mol. The fourth-order valence-corrected chi connectivity index (χ4v) is 3.73. The first-order chi connectivity index (χ1) is 15.4. The number of carbonyl (C=O) groups is 3. The zero-order chi connectivity index (χ0) is 25.2. The Bertz CT molecular complexity index is 781. The van der Waals surface area contributed by atoms with Crippen LogP contribution in [-0.4, -0.2) is 47.5 Å². The molecule has 1 aromatic rings. The molecule has 0 aliphatic rings. The first-order valence-electron chi connectivity index (χ1n) is 12.1. The molecule has 0 bridgehead atoms. The number of amides is 3. The summed E-state index contributed by atoms with van der Waals surface area (Å²) in [4.78, 5) is 40.7. The van der Waals surface area contributed by atoms with Crippen LogP contribution >= 0.6 is 0 Å². The summed E-state index contributed by atoms with van der Waals surface area (Å²) in [6.07, 6.45) is 3.00. The fraction of sp³-hybridized carbons (Fsp3) is 0.654. The SMILES string of the molecule is CCCCCNC(=O)C(c1cc(C)cc(C)c1)N(CCC)C(=O)C(C)NC(=O)OC(C)(C)C. The van der Waals surface area contributed by atoms with Gasteiger partial charge in [-0.2, -0.15) is 0 Å². The number of hydrogen-bond acceptors (Lipinski definition) is 4. The number of ether oxygens (including phenoxy) is 1. The van der Waals surface area contributed by atoms with Crippen LogP contribution in [0, 0.1) is 13.8 Å². The number of nitrogens with zero attached hydrogens (tertiary/aromatic N) is 1. The van der Waals surface area contributed by atoms with Gasteiger partial charge in [0.25, 0.3) is 0 Å². The van der Waals surface area contributed by atoms with Crippen LogP contribution in [0.15, 0.2) is 18.2 Å².